The van der Waals surface area contributed by atoms with Gasteiger partial charge in [-0.05, 0) is 23.9 Å². The summed E-state index contributed by atoms with van der Waals surface area (Å²) in [4.78, 5) is 18.3. The first-order chi connectivity index (χ1) is 9.89. The fourth-order valence-electron chi connectivity index (χ4n) is 2.27. The Labute approximate surface area is 126 Å². The molecule has 2 aromatic heterocycles. The monoisotopic (exact) mass is 325 g/mol. The molecule has 0 radical (unpaired) electrons. The van der Waals surface area contributed by atoms with Crippen LogP contribution < -0.4 is 0 Å². The third-order valence-electron chi connectivity index (χ3n) is 3.55. The molecule has 6 nitrogen and oxygen atoms in total. The van der Waals surface area contributed by atoms with Crippen LogP contribution in [0.25, 0.3) is 0 Å². The van der Waals surface area contributed by atoms with Gasteiger partial charge in [0.25, 0.3) is 5.91 Å². The van der Waals surface area contributed by atoms with Crippen molar-refractivity contribution in [2.75, 3.05) is 13.1 Å². The highest BCUT2D eigenvalue weighted by Gasteiger charge is 2.42. The Morgan fingerprint density at radius 1 is 1.43 bits per heavy atom. The molecule has 1 saturated heterocycles. The molecule has 0 spiro atoms. The lowest BCUT2D eigenvalue weighted by Crippen LogP contribution is -2.57. The van der Waals surface area contributed by atoms with Crippen LogP contribution in [-0.2, 0) is 16.9 Å². The minimum Gasteiger partial charge on any atom is -0.335 e. The summed E-state index contributed by atoms with van der Waals surface area (Å²) in [6, 6.07) is 1.83. The summed E-state index contributed by atoms with van der Waals surface area (Å²) in [7, 11) is -1.82. The normalized spacial score (nSPS) is 16.0. The first kappa shape index (κ1) is 14.3. The second-order valence-electron chi connectivity index (χ2n) is 5.19. The average Bonchev–Trinajstić information content (AvgIpc) is 2.95. The van der Waals surface area contributed by atoms with Crippen molar-refractivity contribution in [3.8, 4) is 0 Å². The van der Waals surface area contributed by atoms with E-state index in [9.17, 15) is 13.2 Å². The smallest absolute Gasteiger partial charge is 0.264 e. The minimum atomic E-state index is -3.47. The van der Waals surface area contributed by atoms with E-state index in [0.717, 1.165) is 5.56 Å². The predicted molar refractivity (Wildman–Crippen MR) is 79.1 cm³/mol. The summed E-state index contributed by atoms with van der Waals surface area (Å²) < 4.78 is 26.3. The number of hydrogen-bond acceptors (Lipinski definition) is 5. The van der Waals surface area contributed by atoms with Gasteiger partial charge in [-0.2, -0.15) is 0 Å². The highest BCUT2D eigenvalue weighted by atomic mass is 32.2. The van der Waals surface area contributed by atoms with Gasteiger partial charge in [0.1, 0.15) is 5.25 Å². The summed E-state index contributed by atoms with van der Waals surface area (Å²) >= 11 is 1.39. The molecule has 0 atom stereocenters. The quantitative estimate of drug-likeness (QED) is 0.847. The molecule has 1 amide bonds. The largest absolute Gasteiger partial charge is 0.335 e. The number of nitrogens with zero attached hydrogens (tertiary/aromatic N) is 3. The topological polar surface area (TPSA) is 72.3 Å². The molecular formula is C13H15N3O3S2. The molecule has 1 aliphatic heterocycles. The van der Waals surface area contributed by atoms with Crippen LogP contribution in [0, 0.1) is 6.92 Å². The van der Waals surface area contributed by atoms with Crippen molar-refractivity contribution < 1.29 is 13.2 Å². The van der Waals surface area contributed by atoms with Crippen LogP contribution in [0.1, 0.15) is 15.2 Å². The van der Waals surface area contributed by atoms with Gasteiger partial charge in [0.2, 0.25) is 15.0 Å². The molecule has 3 rings (SSSR count). The van der Waals surface area contributed by atoms with Crippen LogP contribution in [0.5, 0.6) is 0 Å². The molecule has 0 unspecified atom stereocenters. The van der Waals surface area contributed by atoms with Gasteiger partial charge < -0.3 is 9.47 Å². The lowest BCUT2D eigenvalue weighted by atomic mass is 10.2. The van der Waals surface area contributed by atoms with E-state index < -0.39 is 15.1 Å². The Hall–Kier alpha value is -1.67. The maximum absolute atomic E-state index is 12.4. The Morgan fingerprint density at radius 2 is 2.14 bits per heavy atom. The van der Waals surface area contributed by atoms with Crippen LogP contribution in [-0.4, -0.2) is 47.1 Å². The number of imidazole rings is 1. The van der Waals surface area contributed by atoms with E-state index >= 15 is 0 Å². The maximum atomic E-state index is 12.4. The van der Waals surface area contributed by atoms with E-state index in [1.807, 2.05) is 18.4 Å². The standard InChI is InChI=1S/C13H15N3O3S2/c1-9-5-11(20-8-9)12(17)16-6-10(7-16)21(18,19)13-14-3-4-15(13)2/h3-5,8,10H,6-7H2,1-2H3. The van der Waals surface area contributed by atoms with Crippen LogP contribution in [0.15, 0.2) is 29.0 Å². The van der Waals surface area contributed by atoms with Gasteiger partial charge in [-0.15, -0.1) is 11.3 Å². The van der Waals surface area contributed by atoms with Crippen molar-refractivity contribution in [2.45, 2.75) is 17.3 Å². The fraction of sp³-hybridized carbons (Fsp3) is 0.385. The van der Waals surface area contributed by atoms with Crippen molar-refractivity contribution >= 4 is 27.1 Å². The van der Waals surface area contributed by atoms with Crippen molar-refractivity contribution in [3.63, 3.8) is 0 Å². The molecule has 1 aliphatic rings. The lowest BCUT2D eigenvalue weighted by molar-refractivity contribution is 0.0663. The van der Waals surface area contributed by atoms with Crippen LogP contribution in [0.4, 0.5) is 0 Å². The molecule has 0 saturated carbocycles. The maximum Gasteiger partial charge on any atom is 0.264 e. The van der Waals surface area contributed by atoms with E-state index in [0.29, 0.717) is 4.88 Å². The van der Waals surface area contributed by atoms with E-state index in [1.54, 1.807) is 18.1 Å². The van der Waals surface area contributed by atoms with E-state index in [-0.39, 0.29) is 24.2 Å². The third-order valence-corrected chi connectivity index (χ3v) is 6.66. The fourth-order valence-corrected chi connectivity index (χ4v) is 4.86. The van der Waals surface area contributed by atoms with Crippen LogP contribution in [0.3, 0.4) is 0 Å². The number of carbonyl (C=O) groups is 1. The van der Waals surface area contributed by atoms with Crippen molar-refractivity contribution in [2.24, 2.45) is 7.05 Å². The molecule has 3 heterocycles. The Balaban J connectivity index is 1.71. The number of likely N-dealkylation sites (tertiary alicyclic amines) is 1. The second-order valence-corrected chi connectivity index (χ2v) is 8.22. The molecule has 0 N–H and O–H groups in total. The molecule has 1 fully saturated rings. The number of sulfone groups is 1. The zero-order valence-corrected chi connectivity index (χ0v) is 13.3. The van der Waals surface area contributed by atoms with E-state index in [4.69, 9.17) is 0 Å². The zero-order chi connectivity index (χ0) is 15.2. The summed E-state index contributed by atoms with van der Waals surface area (Å²) in [6.07, 6.45) is 3.06. The number of thiophene rings is 1. The minimum absolute atomic E-state index is 0.0616. The molecule has 21 heavy (non-hydrogen) atoms. The average molecular weight is 325 g/mol. The van der Waals surface area contributed by atoms with Crippen LogP contribution in [0.2, 0.25) is 0 Å². The third kappa shape index (κ3) is 2.38. The van der Waals surface area contributed by atoms with Crippen molar-refractivity contribution in [1.82, 2.24) is 14.5 Å². The van der Waals surface area contributed by atoms with Crippen molar-refractivity contribution in [1.29, 1.82) is 0 Å². The Kier molecular flexibility index (Phi) is 3.37. The SMILES string of the molecule is Cc1csc(C(=O)N2CC(S(=O)(=O)c3nccn3C)C2)c1. The number of carbonyl (C=O) groups excluding carboxylic acids is 1. The second kappa shape index (κ2) is 4.96. The highest BCUT2D eigenvalue weighted by molar-refractivity contribution is 7.92. The molecule has 0 aliphatic carbocycles. The molecular weight excluding hydrogens is 310 g/mol. The van der Waals surface area contributed by atoms with E-state index in [2.05, 4.69) is 4.98 Å². The number of rotatable bonds is 3. The van der Waals surface area contributed by atoms with Gasteiger partial charge in [-0.3, -0.25) is 4.79 Å². The number of aromatic nitrogens is 2. The molecule has 8 heteroatoms. The van der Waals surface area contributed by atoms with Gasteiger partial charge in [-0.1, -0.05) is 0 Å². The molecule has 2 aromatic rings. The van der Waals surface area contributed by atoms with Gasteiger partial charge in [-0.25, -0.2) is 13.4 Å². The van der Waals surface area contributed by atoms with Gasteiger partial charge >= 0.3 is 0 Å². The number of amides is 1. The first-order valence-corrected chi connectivity index (χ1v) is 8.88. The Bertz CT molecular complexity index is 785. The van der Waals surface area contributed by atoms with Gasteiger partial charge in [0.15, 0.2) is 0 Å². The number of hydrogen-bond donors (Lipinski definition) is 0. The molecule has 0 aromatic carbocycles. The highest BCUT2D eigenvalue weighted by Crippen LogP contribution is 2.25. The van der Waals surface area contributed by atoms with E-state index in [1.165, 1.54) is 22.1 Å². The lowest BCUT2D eigenvalue weighted by Gasteiger charge is -2.37. The summed E-state index contributed by atoms with van der Waals surface area (Å²) in [5, 5.41) is 1.41. The molecule has 112 valence electrons. The Morgan fingerprint density at radius 3 is 2.67 bits per heavy atom. The first-order valence-electron chi connectivity index (χ1n) is 6.45. The molecule has 0 bridgehead atoms. The van der Waals surface area contributed by atoms with Gasteiger partial charge in [0, 0.05) is 32.5 Å². The number of aryl methyl sites for hydroxylation is 2. The summed E-state index contributed by atoms with van der Waals surface area (Å²) in [6.45, 7) is 2.38. The van der Waals surface area contributed by atoms with Crippen molar-refractivity contribution in [3.05, 3.63) is 34.3 Å². The van der Waals surface area contributed by atoms with Crippen LogP contribution >= 0.6 is 11.3 Å². The summed E-state index contributed by atoms with van der Waals surface area (Å²) in [5.74, 6) is -0.0978. The zero-order valence-electron chi connectivity index (χ0n) is 11.7. The summed E-state index contributed by atoms with van der Waals surface area (Å²) in [5.41, 5.74) is 1.04. The van der Waals surface area contributed by atoms with Gasteiger partial charge in [0.05, 0.1) is 4.88 Å². The predicted octanol–water partition coefficient (Wildman–Crippen LogP) is 1.09.